The molecule has 0 fully saturated rings. The molecule has 0 aliphatic rings. The Bertz CT molecular complexity index is 885. The van der Waals surface area contributed by atoms with E-state index in [1.807, 2.05) is 44.2 Å². The molecule has 2 heterocycles. The molecule has 1 aromatic carbocycles. The van der Waals surface area contributed by atoms with Gasteiger partial charge < -0.3 is 5.32 Å². The minimum Gasteiger partial charge on any atom is -0.308 e. The van der Waals surface area contributed by atoms with Crippen molar-refractivity contribution in [3.8, 4) is 5.82 Å². The number of rotatable bonds is 4. The topological polar surface area (TPSA) is 84.7 Å². The number of nitrogens with one attached hydrogen (secondary N) is 2. The van der Waals surface area contributed by atoms with Crippen LogP contribution in [0.4, 0.5) is 16.3 Å². The van der Waals surface area contributed by atoms with Crippen LogP contribution in [0.3, 0.4) is 0 Å². The van der Waals surface area contributed by atoms with Crippen LogP contribution in [0.1, 0.15) is 23.9 Å². The number of aryl methyl sites for hydroxylation is 3. The first-order valence-electron chi connectivity index (χ1n) is 8.08. The number of hydrogen-bond donors (Lipinski definition) is 2. The fourth-order valence-electron chi connectivity index (χ4n) is 2.49. The number of benzene rings is 1. The molecule has 0 saturated carbocycles. The minimum absolute atomic E-state index is 0.359. The van der Waals surface area contributed by atoms with E-state index < -0.39 is 0 Å². The molecule has 0 saturated heterocycles. The highest BCUT2D eigenvalue weighted by Crippen LogP contribution is 2.14. The average molecular weight is 336 g/mol. The summed E-state index contributed by atoms with van der Waals surface area (Å²) >= 11 is 0. The van der Waals surface area contributed by atoms with Crippen LogP contribution in [-0.2, 0) is 6.42 Å². The average Bonchev–Trinajstić information content (AvgIpc) is 2.94. The van der Waals surface area contributed by atoms with Gasteiger partial charge in [-0.1, -0.05) is 19.1 Å². The van der Waals surface area contributed by atoms with E-state index in [0.29, 0.717) is 11.6 Å². The van der Waals surface area contributed by atoms with Crippen molar-refractivity contribution in [3.05, 3.63) is 59.7 Å². The maximum Gasteiger partial charge on any atom is 0.324 e. The van der Waals surface area contributed by atoms with Crippen molar-refractivity contribution < 1.29 is 4.79 Å². The third-order valence-electron chi connectivity index (χ3n) is 3.74. The van der Waals surface area contributed by atoms with Crippen LogP contribution in [0.25, 0.3) is 5.82 Å². The second kappa shape index (κ2) is 7.12. The second-order valence-electron chi connectivity index (χ2n) is 5.73. The summed E-state index contributed by atoms with van der Waals surface area (Å²) in [7, 11) is 0. The van der Waals surface area contributed by atoms with Gasteiger partial charge in [0.05, 0.1) is 5.69 Å². The largest absolute Gasteiger partial charge is 0.324 e. The second-order valence-corrected chi connectivity index (χ2v) is 5.73. The Morgan fingerprint density at radius 1 is 1.08 bits per heavy atom. The van der Waals surface area contributed by atoms with Crippen LogP contribution in [0.2, 0.25) is 0 Å². The first kappa shape index (κ1) is 16.6. The molecule has 25 heavy (non-hydrogen) atoms. The Balaban J connectivity index is 1.71. The molecular weight excluding hydrogens is 316 g/mol. The summed E-state index contributed by atoms with van der Waals surface area (Å²) in [5.74, 6) is 1.00. The molecule has 3 rings (SSSR count). The number of nitrogens with zero attached hydrogens (tertiary/aromatic N) is 4. The minimum atomic E-state index is -0.359. The van der Waals surface area contributed by atoms with Gasteiger partial charge in [0.2, 0.25) is 0 Å². The molecule has 2 N–H and O–H groups in total. The number of urea groups is 1. The molecule has 0 atom stereocenters. The normalized spacial score (nSPS) is 10.5. The molecule has 0 aliphatic carbocycles. The quantitative estimate of drug-likeness (QED) is 0.764. The van der Waals surface area contributed by atoms with E-state index in [1.165, 1.54) is 11.9 Å². The van der Waals surface area contributed by atoms with Crippen LogP contribution < -0.4 is 10.6 Å². The van der Waals surface area contributed by atoms with Crippen LogP contribution in [0, 0.1) is 13.8 Å². The molecular formula is C18H20N6O. The van der Waals surface area contributed by atoms with Crippen molar-refractivity contribution in [1.82, 2.24) is 19.7 Å². The van der Waals surface area contributed by atoms with Gasteiger partial charge in [-0.25, -0.2) is 19.4 Å². The Labute approximate surface area is 146 Å². The summed E-state index contributed by atoms with van der Waals surface area (Å²) < 4.78 is 1.71. The van der Waals surface area contributed by atoms with Crippen LogP contribution in [0.15, 0.2) is 42.7 Å². The van der Waals surface area contributed by atoms with Gasteiger partial charge in [-0.05, 0) is 44.0 Å². The Hall–Kier alpha value is -3.22. The van der Waals surface area contributed by atoms with Gasteiger partial charge in [0.25, 0.3) is 0 Å². The molecule has 7 nitrogen and oxygen atoms in total. The zero-order chi connectivity index (χ0) is 17.8. The lowest BCUT2D eigenvalue weighted by molar-refractivity contribution is 0.262. The highest BCUT2D eigenvalue weighted by molar-refractivity contribution is 5.99. The predicted octanol–water partition coefficient (Wildman–Crippen LogP) is 3.49. The molecule has 0 unspecified atom stereocenters. The van der Waals surface area contributed by atoms with Gasteiger partial charge >= 0.3 is 6.03 Å². The number of aromatic nitrogens is 4. The van der Waals surface area contributed by atoms with Crippen molar-refractivity contribution in [1.29, 1.82) is 0 Å². The zero-order valence-electron chi connectivity index (χ0n) is 14.4. The molecule has 2 aromatic heterocycles. The van der Waals surface area contributed by atoms with Gasteiger partial charge in [0, 0.05) is 17.4 Å². The Morgan fingerprint density at radius 3 is 2.48 bits per heavy atom. The standard InChI is InChI=1S/C18H20N6O/c1-4-14-5-7-15(8-6-14)21-18(25)22-16-10-17(20-11-19-16)24-13(3)9-12(2)23-24/h5-11H,4H2,1-3H3,(H2,19,20,21,22,25). The van der Waals surface area contributed by atoms with Crippen molar-refractivity contribution >= 4 is 17.5 Å². The molecule has 128 valence electrons. The molecule has 7 heteroatoms. The van der Waals surface area contributed by atoms with E-state index in [4.69, 9.17) is 0 Å². The molecule has 0 spiro atoms. The number of amides is 2. The molecule has 0 aliphatic heterocycles. The monoisotopic (exact) mass is 336 g/mol. The van der Waals surface area contributed by atoms with E-state index in [9.17, 15) is 4.79 Å². The van der Waals surface area contributed by atoms with Crippen LogP contribution in [0.5, 0.6) is 0 Å². The van der Waals surface area contributed by atoms with Crippen molar-refractivity contribution in [2.24, 2.45) is 0 Å². The Morgan fingerprint density at radius 2 is 1.84 bits per heavy atom. The lowest BCUT2D eigenvalue weighted by Crippen LogP contribution is -2.20. The first-order chi connectivity index (χ1) is 12.0. The summed E-state index contributed by atoms with van der Waals surface area (Å²) in [5.41, 5.74) is 3.81. The van der Waals surface area contributed by atoms with Crippen molar-refractivity contribution in [2.45, 2.75) is 27.2 Å². The fourth-order valence-corrected chi connectivity index (χ4v) is 2.49. The van der Waals surface area contributed by atoms with E-state index in [2.05, 4.69) is 32.6 Å². The smallest absolute Gasteiger partial charge is 0.308 e. The maximum absolute atomic E-state index is 12.2. The van der Waals surface area contributed by atoms with Gasteiger partial charge in [-0.2, -0.15) is 5.10 Å². The highest BCUT2D eigenvalue weighted by atomic mass is 16.2. The van der Waals surface area contributed by atoms with Gasteiger partial charge in [-0.3, -0.25) is 5.32 Å². The number of anilines is 2. The van der Waals surface area contributed by atoms with E-state index in [-0.39, 0.29) is 6.03 Å². The molecule has 3 aromatic rings. The number of carbonyl (C=O) groups excluding carboxylic acids is 1. The fraction of sp³-hybridized carbons (Fsp3) is 0.222. The summed E-state index contributed by atoms with van der Waals surface area (Å²) in [6.45, 7) is 5.95. The third kappa shape index (κ3) is 4.00. The first-order valence-corrected chi connectivity index (χ1v) is 8.08. The summed E-state index contributed by atoms with van der Waals surface area (Å²) in [5, 5.41) is 9.88. The van der Waals surface area contributed by atoms with Crippen LogP contribution in [-0.4, -0.2) is 25.8 Å². The summed E-state index contributed by atoms with van der Waals surface area (Å²) in [6.07, 6.45) is 2.36. The Kier molecular flexibility index (Phi) is 4.74. The molecule has 0 bridgehead atoms. The summed E-state index contributed by atoms with van der Waals surface area (Å²) in [4.78, 5) is 20.4. The third-order valence-corrected chi connectivity index (χ3v) is 3.74. The number of hydrogen-bond acceptors (Lipinski definition) is 4. The van der Waals surface area contributed by atoms with E-state index in [1.54, 1.807) is 10.7 Å². The van der Waals surface area contributed by atoms with Crippen molar-refractivity contribution in [3.63, 3.8) is 0 Å². The maximum atomic E-state index is 12.2. The van der Waals surface area contributed by atoms with Crippen molar-refractivity contribution in [2.75, 3.05) is 10.6 Å². The van der Waals surface area contributed by atoms with Gasteiger partial charge in [-0.15, -0.1) is 0 Å². The van der Waals surface area contributed by atoms with Gasteiger partial charge in [0.15, 0.2) is 5.82 Å². The predicted molar refractivity (Wildman–Crippen MR) is 97.1 cm³/mol. The number of carbonyl (C=O) groups is 1. The lowest BCUT2D eigenvalue weighted by atomic mass is 10.1. The molecule has 2 amide bonds. The SMILES string of the molecule is CCc1ccc(NC(=O)Nc2cc(-n3nc(C)cc3C)ncn2)cc1. The van der Waals surface area contributed by atoms with E-state index in [0.717, 1.165) is 23.5 Å². The van der Waals surface area contributed by atoms with Crippen LogP contribution >= 0.6 is 0 Å². The molecule has 0 radical (unpaired) electrons. The van der Waals surface area contributed by atoms with E-state index >= 15 is 0 Å². The summed E-state index contributed by atoms with van der Waals surface area (Å²) in [6, 6.07) is 11.0. The lowest BCUT2D eigenvalue weighted by Gasteiger charge is -2.09. The zero-order valence-corrected chi connectivity index (χ0v) is 14.4. The van der Waals surface area contributed by atoms with Gasteiger partial charge in [0.1, 0.15) is 12.1 Å². The highest BCUT2D eigenvalue weighted by Gasteiger charge is 2.09.